The Hall–Kier alpha value is -3.09. The van der Waals surface area contributed by atoms with Crippen molar-refractivity contribution in [3.05, 3.63) is 46.5 Å². The first-order valence-corrected chi connectivity index (χ1v) is 6.38. The van der Waals surface area contributed by atoms with Crippen LogP contribution < -0.4 is 16.3 Å². The van der Waals surface area contributed by atoms with Crippen LogP contribution in [0.2, 0.25) is 0 Å². The third kappa shape index (κ3) is 1.95. The number of nitrogens with two attached hydrogens (primary N) is 1. The van der Waals surface area contributed by atoms with Crippen molar-refractivity contribution in [2.24, 2.45) is 4.99 Å². The highest BCUT2D eigenvalue weighted by Gasteiger charge is 2.09. The van der Waals surface area contributed by atoms with Gasteiger partial charge >= 0.3 is 0 Å². The number of H-pyrrole nitrogens is 1. The van der Waals surface area contributed by atoms with E-state index in [2.05, 4.69) is 24.9 Å². The maximum Gasteiger partial charge on any atom is 0.270 e. The molecule has 0 atom stereocenters. The van der Waals surface area contributed by atoms with E-state index in [0.717, 1.165) is 10.8 Å². The Kier molecular flexibility index (Phi) is 2.34. The summed E-state index contributed by atoms with van der Waals surface area (Å²) in [6, 6.07) is 5.64. The molecule has 0 aliphatic carbocycles. The van der Waals surface area contributed by atoms with Gasteiger partial charge in [0.05, 0.1) is 11.7 Å². The fraction of sp³-hybridized carbons (Fsp3) is 0.0714. The Morgan fingerprint density at radius 1 is 1.24 bits per heavy atom. The van der Waals surface area contributed by atoms with Crippen LogP contribution in [0.5, 0.6) is 0 Å². The molecule has 1 aliphatic rings. The number of aromatic nitrogens is 4. The number of hydrogen-bond acceptors (Lipinski definition) is 5. The molecule has 0 fully saturated rings. The first-order valence-electron chi connectivity index (χ1n) is 6.38. The second-order valence-electron chi connectivity index (χ2n) is 4.79. The number of rotatable bonds is 2. The van der Waals surface area contributed by atoms with Crippen LogP contribution in [0.3, 0.4) is 0 Å². The van der Waals surface area contributed by atoms with Gasteiger partial charge in [0.15, 0.2) is 11.5 Å². The second-order valence-corrected chi connectivity index (χ2v) is 4.79. The van der Waals surface area contributed by atoms with Crippen molar-refractivity contribution in [2.75, 3.05) is 5.73 Å². The molecular formula is C14H10N6O. The fourth-order valence-electron chi connectivity index (χ4n) is 2.38. The Morgan fingerprint density at radius 3 is 3.05 bits per heavy atom. The summed E-state index contributed by atoms with van der Waals surface area (Å²) < 4.78 is 0. The van der Waals surface area contributed by atoms with Crippen molar-refractivity contribution in [3.8, 4) is 0 Å². The van der Waals surface area contributed by atoms with Crippen LogP contribution in [0.25, 0.3) is 17.2 Å². The van der Waals surface area contributed by atoms with Gasteiger partial charge in [-0.05, 0) is 17.7 Å². The van der Waals surface area contributed by atoms with Gasteiger partial charge in [-0.2, -0.15) is 0 Å². The van der Waals surface area contributed by atoms with Crippen molar-refractivity contribution in [1.82, 2.24) is 19.9 Å². The van der Waals surface area contributed by atoms with Crippen LogP contribution in [0.1, 0.15) is 11.4 Å². The lowest BCUT2D eigenvalue weighted by molar-refractivity contribution is -0.112. The molecule has 3 N–H and O–H groups in total. The fourth-order valence-corrected chi connectivity index (χ4v) is 2.38. The summed E-state index contributed by atoms with van der Waals surface area (Å²) in [5.74, 6) is 0.749. The summed E-state index contributed by atoms with van der Waals surface area (Å²) in [5, 5.41) is 1.53. The van der Waals surface area contributed by atoms with E-state index in [1.54, 1.807) is 0 Å². The van der Waals surface area contributed by atoms with Gasteiger partial charge in [-0.25, -0.2) is 19.9 Å². The van der Waals surface area contributed by atoms with E-state index in [-0.39, 0.29) is 5.91 Å². The molecule has 7 heteroatoms. The van der Waals surface area contributed by atoms with Gasteiger partial charge in [-0.1, -0.05) is 6.07 Å². The maximum absolute atomic E-state index is 11.3. The van der Waals surface area contributed by atoms with Gasteiger partial charge in [-0.15, -0.1) is 0 Å². The van der Waals surface area contributed by atoms with E-state index in [1.165, 1.54) is 12.4 Å². The lowest BCUT2D eigenvalue weighted by Crippen LogP contribution is -2.21. The summed E-state index contributed by atoms with van der Waals surface area (Å²) in [6.07, 6.45) is 3.57. The normalized spacial score (nSPS) is 13.0. The molecule has 3 aromatic rings. The van der Waals surface area contributed by atoms with Crippen LogP contribution in [0.15, 0.2) is 29.5 Å². The van der Waals surface area contributed by atoms with Crippen LogP contribution in [-0.2, 0) is 11.2 Å². The second kappa shape index (κ2) is 4.20. The molecule has 0 saturated carbocycles. The molecule has 2 aromatic heterocycles. The van der Waals surface area contributed by atoms with Gasteiger partial charge in [0, 0.05) is 17.7 Å². The minimum atomic E-state index is -0.222. The van der Waals surface area contributed by atoms with Gasteiger partial charge in [0.1, 0.15) is 11.3 Å². The summed E-state index contributed by atoms with van der Waals surface area (Å²) >= 11 is 0. The molecule has 1 aliphatic heterocycles. The average Bonchev–Trinajstić information content (AvgIpc) is 3.03. The number of anilines is 1. The summed E-state index contributed by atoms with van der Waals surface area (Å²) in [6.45, 7) is 0. The minimum Gasteiger partial charge on any atom is -0.382 e. The highest BCUT2D eigenvalue weighted by atomic mass is 16.1. The third-order valence-corrected chi connectivity index (χ3v) is 3.32. The number of aromatic amines is 1. The Labute approximate surface area is 118 Å². The largest absolute Gasteiger partial charge is 0.382 e. The van der Waals surface area contributed by atoms with E-state index in [0.29, 0.717) is 34.6 Å². The number of imidazole rings is 1. The molecule has 7 nitrogen and oxygen atoms in total. The number of hydrogen-bond donors (Lipinski definition) is 2. The van der Waals surface area contributed by atoms with E-state index < -0.39 is 0 Å². The molecule has 0 bridgehead atoms. The zero-order valence-corrected chi connectivity index (χ0v) is 10.9. The number of nitrogens with one attached hydrogen (secondary N) is 1. The lowest BCUT2D eigenvalue weighted by atomic mass is 10.1. The quantitative estimate of drug-likeness (QED) is 0.654. The highest BCUT2D eigenvalue weighted by Crippen LogP contribution is 2.14. The van der Waals surface area contributed by atoms with E-state index in [4.69, 9.17) is 5.73 Å². The van der Waals surface area contributed by atoms with E-state index in [1.807, 2.05) is 18.2 Å². The van der Waals surface area contributed by atoms with Crippen LogP contribution >= 0.6 is 0 Å². The molecular weight excluding hydrogens is 268 g/mol. The number of carbonyl (C=O) groups excluding carboxylic acids is 1. The lowest BCUT2D eigenvalue weighted by Gasteiger charge is -2.02. The predicted octanol–water partition coefficient (Wildman–Crippen LogP) is -0.534. The standard InChI is InChI=1S/C14H10N6O/c15-13-12-14(17-6-16-12)20-10(19-13)4-7-1-2-9-8(3-7)5-11(21)18-9/h1-3,5-6H,4H2,(H3,15,16,17,19,20). The zero-order valence-electron chi connectivity index (χ0n) is 10.9. The molecule has 0 saturated heterocycles. The minimum absolute atomic E-state index is 0.222. The van der Waals surface area contributed by atoms with Crippen molar-refractivity contribution >= 4 is 29.0 Å². The molecule has 1 aromatic carbocycles. The van der Waals surface area contributed by atoms with Gasteiger partial charge in [-0.3, -0.25) is 4.79 Å². The Bertz CT molecular complexity index is 1000. The van der Waals surface area contributed by atoms with Crippen LogP contribution in [0.4, 0.5) is 5.82 Å². The van der Waals surface area contributed by atoms with E-state index >= 15 is 0 Å². The van der Waals surface area contributed by atoms with Crippen molar-refractivity contribution in [3.63, 3.8) is 0 Å². The number of nitrogens with zero attached hydrogens (tertiary/aromatic N) is 4. The number of carbonyl (C=O) groups is 1. The zero-order chi connectivity index (χ0) is 14.4. The van der Waals surface area contributed by atoms with Crippen LogP contribution in [0, 0.1) is 0 Å². The van der Waals surface area contributed by atoms with Crippen molar-refractivity contribution in [1.29, 1.82) is 0 Å². The predicted molar refractivity (Wildman–Crippen MR) is 75.6 cm³/mol. The molecule has 0 radical (unpaired) electrons. The highest BCUT2D eigenvalue weighted by molar-refractivity contribution is 6.06. The molecule has 21 heavy (non-hydrogen) atoms. The number of benzene rings is 1. The van der Waals surface area contributed by atoms with Gasteiger partial charge < -0.3 is 10.7 Å². The Morgan fingerprint density at radius 2 is 2.14 bits per heavy atom. The molecule has 4 rings (SSSR count). The monoisotopic (exact) mass is 278 g/mol. The average molecular weight is 278 g/mol. The molecule has 0 unspecified atom stereocenters. The first-order chi connectivity index (χ1) is 10.2. The molecule has 1 amide bonds. The Balaban J connectivity index is 1.76. The SMILES string of the molecule is Nc1nc(Cc2ccc3c(c2)=CC(=O)N=3)nc2nc[nH]c12. The molecule has 3 heterocycles. The third-order valence-electron chi connectivity index (χ3n) is 3.32. The van der Waals surface area contributed by atoms with Gasteiger partial charge in [0.25, 0.3) is 5.91 Å². The van der Waals surface area contributed by atoms with E-state index in [9.17, 15) is 4.79 Å². The molecule has 102 valence electrons. The van der Waals surface area contributed by atoms with Crippen molar-refractivity contribution < 1.29 is 4.79 Å². The van der Waals surface area contributed by atoms with Gasteiger partial charge in [0.2, 0.25) is 0 Å². The summed E-state index contributed by atoms with van der Waals surface area (Å²) in [7, 11) is 0. The topological polar surface area (TPSA) is 110 Å². The van der Waals surface area contributed by atoms with Crippen LogP contribution in [-0.4, -0.2) is 25.8 Å². The first kappa shape index (κ1) is 11.7. The number of fused-ring (bicyclic) bond motifs is 2. The maximum atomic E-state index is 11.3. The molecule has 0 spiro atoms. The summed E-state index contributed by atoms with van der Waals surface area (Å²) in [4.78, 5) is 30.8. The van der Waals surface area contributed by atoms with Crippen molar-refractivity contribution in [2.45, 2.75) is 6.42 Å². The number of amides is 1. The number of nitrogen functional groups attached to an aromatic ring is 1. The summed E-state index contributed by atoms with van der Waals surface area (Å²) in [5.41, 5.74) is 8.06. The smallest absolute Gasteiger partial charge is 0.270 e.